The lowest BCUT2D eigenvalue weighted by Crippen LogP contribution is -1.89. The van der Waals surface area contributed by atoms with Gasteiger partial charge in [0.2, 0.25) is 0 Å². The molecule has 2 aliphatic rings. The first-order chi connectivity index (χ1) is 4.36. The van der Waals surface area contributed by atoms with E-state index in [0.29, 0.717) is 0 Å². The van der Waals surface area contributed by atoms with Crippen LogP contribution in [0.4, 0.5) is 0 Å². The summed E-state index contributed by atoms with van der Waals surface area (Å²) in [4.78, 5) is 0. The fourth-order valence-electron chi connectivity index (χ4n) is 1.90. The Bertz CT molecular complexity index is 174. The van der Waals surface area contributed by atoms with Crippen molar-refractivity contribution >= 4 is 0 Å². The van der Waals surface area contributed by atoms with Crippen LogP contribution in [0.5, 0.6) is 0 Å². The maximum absolute atomic E-state index is 2.44. The van der Waals surface area contributed by atoms with Gasteiger partial charge in [0.25, 0.3) is 0 Å². The third-order valence-electron chi connectivity index (χ3n) is 2.32. The summed E-state index contributed by atoms with van der Waals surface area (Å²) in [6.07, 6.45) is 9.68. The fourth-order valence-corrected chi connectivity index (χ4v) is 1.90. The van der Waals surface area contributed by atoms with Crippen molar-refractivity contribution in [3.63, 3.8) is 0 Å². The lowest BCUT2D eigenvalue weighted by Gasteiger charge is -2.00. The molecule has 0 radical (unpaired) electrons. The zero-order chi connectivity index (χ0) is 6.27. The molecular weight excluding hydrogens is 108 g/mol. The summed E-state index contributed by atoms with van der Waals surface area (Å²) in [5.41, 5.74) is 1.67. The van der Waals surface area contributed by atoms with Gasteiger partial charge in [-0.2, -0.15) is 0 Å². The number of allylic oxidation sites excluding steroid dienone is 4. The minimum atomic E-state index is 0.833. The van der Waals surface area contributed by atoms with Crippen molar-refractivity contribution in [2.24, 2.45) is 11.8 Å². The molecule has 0 aliphatic heterocycles. The molecule has 0 nitrogen and oxygen atoms in total. The third-order valence-corrected chi connectivity index (χ3v) is 2.32. The van der Waals surface area contributed by atoms with Crippen molar-refractivity contribution in [2.75, 3.05) is 0 Å². The molecule has 2 unspecified atom stereocenters. The zero-order valence-electron chi connectivity index (χ0n) is 5.80. The molecule has 0 bridgehead atoms. The molecule has 0 heterocycles. The molecule has 9 heavy (non-hydrogen) atoms. The zero-order valence-corrected chi connectivity index (χ0v) is 5.80. The molecule has 2 aliphatic carbocycles. The van der Waals surface area contributed by atoms with Gasteiger partial charge in [0.05, 0.1) is 0 Å². The highest BCUT2D eigenvalue weighted by Gasteiger charge is 2.23. The van der Waals surface area contributed by atoms with E-state index in [4.69, 9.17) is 0 Å². The highest BCUT2D eigenvalue weighted by Crippen LogP contribution is 2.37. The molecule has 48 valence electrons. The third kappa shape index (κ3) is 0.735. The van der Waals surface area contributed by atoms with Crippen LogP contribution in [0.3, 0.4) is 0 Å². The summed E-state index contributed by atoms with van der Waals surface area (Å²) in [6, 6.07) is 0. The largest absolute Gasteiger partial charge is 0.0838 e. The van der Waals surface area contributed by atoms with Gasteiger partial charge in [-0.15, -0.1) is 0 Å². The summed E-state index contributed by atoms with van der Waals surface area (Å²) < 4.78 is 0. The highest BCUT2D eigenvalue weighted by atomic mass is 14.3. The average Bonchev–Trinajstić information content (AvgIpc) is 2.22. The Morgan fingerprint density at radius 3 is 3.22 bits per heavy atom. The van der Waals surface area contributed by atoms with Crippen LogP contribution in [0.2, 0.25) is 0 Å². The molecule has 0 N–H and O–H groups in total. The minimum absolute atomic E-state index is 0.833. The number of hydrogen-bond acceptors (Lipinski definition) is 0. The van der Waals surface area contributed by atoms with Gasteiger partial charge >= 0.3 is 0 Å². The molecule has 0 aromatic heterocycles. The van der Waals surface area contributed by atoms with Crippen LogP contribution in [-0.2, 0) is 0 Å². The van der Waals surface area contributed by atoms with Gasteiger partial charge in [0.15, 0.2) is 0 Å². The van der Waals surface area contributed by atoms with E-state index < -0.39 is 0 Å². The van der Waals surface area contributed by atoms with Crippen molar-refractivity contribution < 1.29 is 0 Å². The molecule has 0 aromatic carbocycles. The Kier molecular flexibility index (Phi) is 1.01. The second-order valence-corrected chi connectivity index (χ2v) is 3.19. The average molecular weight is 120 g/mol. The molecule has 0 saturated carbocycles. The van der Waals surface area contributed by atoms with Crippen molar-refractivity contribution in [2.45, 2.75) is 19.8 Å². The van der Waals surface area contributed by atoms with E-state index in [1.54, 1.807) is 5.57 Å². The van der Waals surface area contributed by atoms with E-state index in [1.165, 1.54) is 12.8 Å². The lowest BCUT2D eigenvalue weighted by atomic mass is 10.0. The van der Waals surface area contributed by atoms with E-state index in [-0.39, 0.29) is 0 Å². The van der Waals surface area contributed by atoms with Gasteiger partial charge in [0.1, 0.15) is 0 Å². The van der Waals surface area contributed by atoms with Crippen LogP contribution in [0.1, 0.15) is 19.8 Å². The van der Waals surface area contributed by atoms with Gasteiger partial charge in [-0.1, -0.05) is 30.7 Å². The Hall–Kier alpha value is -0.520. The first-order valence-electron chi connectivity index (χ1n) is 3.73. The summed E-state index contributed by atoms with van der Waals surface area (Å²) >= 11 is 0. The predicted molar refractivity (Wildman–Crippen MR) is 39.1 cm³/mol. The van der Waals surface area contributed by atoms with Crippen molar-refractivity contribution in [1.29, 1.82) is 0 Å². The van der Waals surface area contributed by atoms with Crippen LogP contribution in [0.25, 0.3) is 0 Å². The molecule has 0 spiro atoms. The van der Waals surface area contributed by atoms with Crippen molar-refractivity contribution in [3.8, 4) is 0 Å². The second kappa shape index (κ2) is 1.73. The van der Waals surface area contributed by atoms with Gasteiger partial charge in [-0.3, -0.25) is 0 Å². The number of hydrogen-bond donors (Lipinski definition) is 0. The van der Waals surface area contributed by atoms with E-state index in [1.807, 2.05) is 0 Å². The van der Waals surface area contributed by atoms with Crippen molar-refractivity contribution in [3.05, 3.63) is 23.8 Å². The SMILES string of the molecule is CC1C=C2CC=CC2C1. The quantitative estimate of drug-likeness (QED) is 0.431. The topological polar surface area (TPSA) is 0 Å². The van der Waals surface area contributed by atoms with Gasteiger partial charge in [-0.05, 0) is 24.7 Å². The van der Waals surface area contributed by atoms with Crippen LogP contribution >= 0.6 is 0 Å². The first-order valence-corrected chi connectivity index (χ1v) is 3.73. The summed E-state index contributed by atoms with van der Waals surface area (Å²) in [5, 5.41) is 0. The van der Waals surface area contributed by atoms with Crippen LogP contribution in [0.15, 0.2) is 23.8 Å². The molecule has 0 amide bonds. The maximum Gasteiger partial charge on any atom is -0.00145 e. The van der Waals surface area contributed by atoms with Crippen LogP contribution in [0, 0.1) is 11.8 Å². The van der Waals surface area contributed by atoms with E-state index >= 15 is 0 Å². The van der Waals surface area contributed by atoms with Gasteiger partial charge < -0.3 is 0 Å². The summed E-state index contributed by atoms with van der Waals surface area (Å²) in [5.74, 6) is 1.68. The van der Waals surface area contributed by atoms with E-state index in [2.05, 4.69) is 25.2 Å². The molecule has 0 fully saturated rings. The smallest absolute Gasteiger partial charge is 0.00145 e. The Labute approximate surface area is 56.3 Å². The van der Waals surface area contributed by atoms with Crippen LogP contribution < -0.4 is 0 Å². The number of rotatable bonds is 0. The molecule has 0 saturated heterocycles. The highest BCUT2D eigenvalue weighted by molar-refractivity contribution is 5.28. The normalized spacial score (nSPS) is 39.0. The minimum Gasteiger partial charge on any atom is -0.0838 e. The van der Waals surface area contributed by atoms with E-state index in [0.717, 1.165) is 11.8 Å². The second-order valence-electron chi connectivity index (χ2n) is 3.19. The summed E-state index contributed by atoms with van der Waals surface area (Å²) in [7, 11) is 0. The van der Waals surface area contributed by atoms with E-state index in [9.17, 15) is 0 Å². The predicted octanol–water partition coefficient (Wildman–Crippen LogP) is 2.53. The van der Waals surface area contributed by atoms with Crippen LogP contribution in [-0.4, -0.2) is 0 Å². The van der Waals surface area contributed by atoms with Gasteiger partial charge in [-0.25, -0.2) is 0 Å². The lowest BCUT2D eigenvalue weighted by molar-refractivity contribution is 0.624. The number of fused-ring (bicyclic) bond motifs is 1. The van der Waals surface area contributed by atoms with Gasteiger partial charge in [0, 0.05) is 0 Å². The Morgan fingerprint density at radius 2 is 2.44 bits per heavy atom. The Morgan fingerprint density at radius 1 is 1.56 bits per heavy atom. The molecule has 2 rings (SSSR count). The molecular formula is C9H12. The monoisotopic (exact) mass is 120 g/mol. The fraction of sp³-hybridized carbons (Fsp3) is 0.556. The summed E-state index contributed by atoms with van der Waals surface area (Å²) in [6.45, 7) is 2.30. The first kappa shape index (κ1) is 5.28. The molecule has 2 atom stereocenters. The van der Waals surface area contributed by atoms with Crippen molar-refractivity contribution in [1.82, 2.24) is 0 Å². The Balaban J connectivity index is 2.23. The maximum atomic E-state index is 2.44. The molecule has 0 heteroatoms. The molecule has 0 aromatic rings. The standard InChI is InChI=1S/C9H12/c1-7-5-8-3-2-4-9(8)6-7/h2-3,6-8H,4-5H2,1H3.